The van der Waals surface area contributed by atoms with E-state index in [4.69, 9.17) is 0 Å². The Balaban J connectivity index is 2.27. The number of aryl methyl sites for hydroxylation is 2. The second kappa shape index (κ2) is 5.42. The van der Waals surface area contributed by atoms with Crippen molar-refractivity contribution in [3.05, 3.63) is 11.3 Å². The summed E-state index contributed by atoms with van der Waals surface area (Å²) in [7, 11) is 2.07. The minimum atomic E-state index is 0.758. The Bertz CT molecular complexity index is 382. The molecule has 0 radical (unpaired) electrons. The summed E-state index contributed by atoms with van der Waals surface area (Å²) in [5.41, 5.74) is 2.51. The zero-order chi connectivity index (χ0) is 12.4. The second-order valence-corrected chi connectivity index (χ2v) is 5.48. The van der Waals surface area contributed by atoms with Crippen molar-refractivity contribution < 1.29 is 0 Å². The lowest BCUT2D eigenvalue weighted by Gasteiger charge is -2.25. The summed E-state index contributed by atoms with van der Waals surface area (Å²) in [6.45, 7) is 5.52. The summed E-state index contributed by atoms with van der Waals surface area (Å²) in [6, 6.07) is 0.758. The molecule has 0 atom stereocenters. The van der Waals surface area contributed by atoms with E-state index in [9.17, 15) is 0 Å². The lowest BCUT2D eigenvalue weighted by molar-refractivity contribution is 0.661. The first-order valence-corrected chi connectivity index (χ1v) is 7.66. The molecule has 0 aliphatic heterocycles. The average molecular weight is 300 g/mol. The lowest BCUT2D eigenvalue weighted by atomic mass is 10.2. The van der Waals surface area contributed by atoms with Crippen LogP contribution in [0.15, 0.2) is 0 Å². The van der Waals surface area contributed by atoms with E-state index in [1.54, 1.807) is 0 Å². The van der Waals surface area contributed by atoms with Crippen molar-refractivity contribution >= 4 is 21.7 Å². The van der Waals surface area contributed by atoms with E-state index in [0.717, 1.165) is 17.1 Å². The largest absolute Gasteiger partial charge is 0.354 e. The van der Waals surface area contributed by atoms with Gasteiger partial charge in [-0.05, 0) is 26.2 Å². The SMILES string of the molecule is CCCCN(c1c(CBr)c(C)nn1C)C1CC1. The van der Waals surface area contributed by atoms with Gasteiger partial charge in [-0.25, -0.2) is 0 Å². The standard InChI is InChI=1S/C13H22BrN3/c1-4-5-8-17(11-6-7-11)13-12(9-14)10(2)15-16(13)3/h11H,4-9H2,1-3H3. The molecule has 0 saturated heterocycles. The predicted molar refractivity (Wildman–Crippen MR) is 75.9 cm³/mol. The van der Waals surface area contributed by atoms with Crippen molar-refractivity contribution in [2.75, 3.05) is 11.4 Å². The Morgan fingerprint density at radius 2 is 2.18 bits per heavy atom. The normalized spacial score (nSPS) is 15.3. The van der Waals surface area contributed by atoms with Gasteiger partial charge in [0, 0.05) is 30.5 Å². The van der Waals surface area contributed by atoms with Gasteiger partial charge >= 0.3 is 0 Å². The minimum absolute atomic E-state index is 0.758. The maximum absolute atomic E-state index is 4.57. The molecular formula is C13H22BrN3. The predicted octanol–water partition coefficient (Wildman–Crippen LogP) is 3.39. The Morgan fingerprint density at radius 3 is 2.71 bits per heavy atom. The summed E-state index contributed by atoms with van der Waals surface area (Å²) >= 11 is 3.60. The quantitative estimate of drug-likeness (QED) is 0.751. The van der Waals surface area contributed by atoms with Gasteiger partial charge < -0.3 is 4.90 Å². The van der Waals surface area contributed by atoms with Gasteiger partial charge in [0.15, 0.2) is 0 Å². The molecule has 0 unspecified atom stereocenters. The van der Waals surface area contributed by atoms with Crippen LogP contribution in [-0.4, -0.2) is 22.4 Å². The van der Waals surface area contributed by atoms with Crippen LogP contribution in [0.1, 0.15) is 43.9 Å². The molecule has 96 valence electrons. The van der Waals surface area contributed by atoms with Crippen molar-refractivity contribution in [1.29, 1.82) is 0 Å². The highest BCUT2D eigenvalue weighted by molar-refractivity contribution is 9.08. The van der Waals surface area contributed by atoms with E-state index in [1.807, 2.05) is 0 Å². The topological polar surface area (TPSA) is 21.1 Å². The molecule has 1 aliphatic rings. The summed E-state index contributed by atoms with van der Waals surface area (Å²) in [6.07, 6.45) is 5.21. The third-order valence-corrected chi connectivity index (χ3v) is 4.02. The van der Waals surface area contributed by atoms with Gasteiger partial charge in [0.05, 0.1) is 5.69 Å². The van der Waals surface area contributed by atoms with Gasteiger partial charge in [-0.15, -0.1) is 0 Å². The number of alkyl halides is 1. The molecule has 4 heteroatoms. The van der Waals surface area contributed by atoms with Gasteiger partial charge in [-0.1, -0.05) is 29.3 Å². The fourth-order valence-corrected chi connectivity index (χ4v) is 3.04. The van der Waals surface area contributed by atoms with Gasteiger partial charge in [0.25, 0.3) is 0 Å². The Labute approximate surface area is 112 Å². The number of unbranched alkanes of at least 4 members (excludes halogenated alkanes) is 1. The van der Waals surface area contributed by atoms with Crippen molar-refractivity contribution in [1.82, 2.24) is 9.78 Å². The number of halogens is 1. The van der Waals surface area contributed by atoms with Crippen molar-refractivity contribution in [2.45, 2.75) is 50.9 Å². The highest BCUT2D eigenvalue weighted by atomic mass is 79.9. The van der Waals surface area contributed by atoms with Gasteiger partial charge in [-0.2, -0.15) is 5.10 Å². The molecule has 1 heterocycles. The van der Waals surface area contributed by atoms with Gasteiger partial charge in [0.1, 0.15) is 5.82 Å². The summed E-state index contributed by atoms with van der Waals surface area (Å²) in [5.74, 6) is 1.33. The fraction of sp³-hybridized carbons (Fsp3) is 0.769. The Morgan fingerprint density at radius 1 is 1.47 bits per heavy atom. The molecule has 1 aromatic rings. The molecule has 2 rings (SSSR count). The third-order valence-electron chi connectivity index (χ3n) is 3.46. The summed E-state index contributed by atoms with van der Waals surface area (Å²) in [4.78, 5) is 2.57. The smallest absolute Gasteiger partial charge is 0.131 e. The molecule has 1 aliphatic carbocycles. The van der Waals surface area contributed by atoms with Crippen molar-refractivity contribution in [3.63, 3.8) is 0 Å². The first-order valence-electron chi connectivity index (χ1n) is 6.54. The van der Waals surface area contributed by atoms with E-state index in [-0.39, 0.29) is 0 Å². The number of rotatable bonds is 6. The summed E-state index contributed by atoms with van der Waals surface area (Å²) < 4.78 is 2.06. The molecule has 1 fully saturated rings. The number of anilines is 1. The molecule has 0 bridgehead atoms. The van der Waals surface area contributed by atoms with Crippen LogP contribution in [0.5, 0.6) is 0 Å². The van der Waals surface area contributed by atoms with E-state index >= 15 is 0 Å². The zero-order valence-electron chi connectivity index (χ0n) is 11.0. The lowest BCUT2D eigenvalue weighted by Crippen LogP contribution is -2.29. The summed E-state index contributed by atoms with van der Waals surface area (Å²) in [5, 5.41) is 5.47. The van der Waals surface area contributed by atoms with Crippen molar-refractivity contribution in [2.24, 2.45) is 7.05 Å². The number of nitrogens with zero attached hydrogens (tertiary/aromatic N) is 3. The van der Waals surface area contributed by atoms with Crippen LogP contribution in [0.2, 0.25) is 0 Å². The van der Waals surface area contributed by atoms with E-state index in [0.29, 0.717) is 0 Å². The van der Waals surface area contributed by atoms with Crippen LogP contribution in [0.4, 0.5) is 5.82 Å². The number of hydrogen-bond acceptors (Lipinski definition) is 2. The van der Waals surface area contributed by atoms with Crippen molar-refractivity contribution in [3.8, 4) is 0 Å². The van der Waals surface area contributed by atoms with Crippen LogP contribution in [0.25, 0.3) is 0 Å². The Hall–Kier alpha value is -0.510. The molecular weight excluding hydrogens is 278 g/mol. The molecule has 17 heavy (non-hydrogen) atoms. The third kappa shape index (κ3) is 2.67. The molecule has 1 aromatic heterocycles. The Kier molecular flexibility index (Phi) is 4.13. The van der Waals surface area contributed by atoms with Crippen LogP contribution >= 0.6 is 15.9 Å². The monoisotopic (exact) mass is 299 g/mol. The minimum Gasteiger partial charge on any atom is -0.354 e. The van der Waals surface area contributed by atoms with E-state index in [2.05, 4.69) is 51.5 Å². The molecule has 0 amide bonds. The maximum atomic E-state index is 4.57. The first kappa shape index (κ1) is 12.9. The molecule has 0 spiro atoms. The van der Waals surface area contributed by atoms with Crippen LogP contribution in [-0.2, 0) is 12.4 Å². The zero-order valence-corrected chi connectivity index (χ0v) is 12.6. The van der Waals surface area contributed by atoms with Crippen LogP contribution in [0.3, 0.4) is 0 Å². The molecule has 3 nitrogen and oxygen atoms in total. The first-order chi connectivity index (χ1) is 8.19. The van der Waals surface area contributed by atoms with E-state index in [1.165, 1.54) is 43.6 Å². The maximum Gasteiger partial charge on any atom is 0.131 e. The molecule has 0 N–H and O–H groups in total. The average Bonchev–Trinajstić information content (AvgIpc) is 3.07. The second-order valence-electron chi connectivity index (χ2n) is 4.92. The van der Waals surface area contributed by atoms with Crippen LogP contribution in [0, 0.1) is 6.92 Å². The molecule has 0 aromatic carbocycles. The number of aromatic nitrogens is 2. The number of hydrogen-bond donors (Lipinski definition) is 0. The highest BCUT2D eigenvalue weighted by Crippen LogP contribution is 2.35. The van der Waals surface area contributed by atoms with Crippen LogP contribution < -0.4 is 4.90 Å². The molecule has 1 saturated carbocycles. The highest BCUT2D eigenvalue weighted by Gasteiger charge is 2.32. The van der Waals surface area contributed by atoms with Gasteiger partial charge in [0.2, 0.25) is 0 Å². The fourth-order valence-electron chi connectivity index (χ4n) is 2.38. The van der Waals surface area contributed by atoms with E-state index < -0.39 is 0 Å². The van der Waals surface area contributed by atoms with Gasteiger partial charge in [-0.3, -0.25) is 4.68 Å².